The number of benzene rings is 1. The van der Waals surface area contributed by atoms with Crippen LogP contribution in [-0.2, 0) is 6.54 Å². The SMILES string of the molecule is Cc1noc(C)c1-c1ccc(=O)n(Cc2ccccc2)n1. The molecule has 0 saturated carbocycles. The van der Waals surface area contributed by atoms with E-state index in [0.29, 0.717) is 18.0 Å². The fraction of sp³-hybridized carbons (Fsp3) is 0.188. The van der Waals surface area contributed by atoms with E-state index in [1.54, 1.807) is 6.07 Å². The first-order chi connectivity index (χ1) is 10.1. The second-order valence-electron chi connectivity index (χ2n) is 4.90. The monoisotopic (exact) mass is 281 g/mol. The molecule has 0 unspecified atom stereocenters. The molecule has 0 bridgehead atoms. The molecule has 0 spiro atoms. The zero-order chi connectivity index (χ0) is 14.8. The van der Waals surface area contributed by atoms with Crippen LogP contribution in [0.15, 0.2) is 51.8 Å². The van der Waals surface area contributed by atoms with Gasteiger partial charge in [0.25, 0.3) is 5.56 Å². The largest absolute Gasteiger partial charge is 0.361 e. The van der Waals surface area contributed by atoms with Crippen LogP contribution in [0.3, 0.4) is 0 Å². The molecule has 0 N–H and O–H groups in total. The molecule has 2 heterocycles. The van der Waals surface area contributed by atoms with Gasteiger partial charge in [0.05, 0.1) is 23.5 Å². The van der Waals surface area contributed by atoms with Crippen molar-refractivity contribution in [2.45, 2.75) is 20.4 Å². The maximum absolute atomic E-state index is 12.0. The van der Waals surface area contributed by atoms with Gasteiger partial charge in [0.15, 0.2) is 0 Å². The van der Waals surface area contributed by atoms with Gasteiger partial charge >= 0.3 is 0 Å². The first-order valence-corrected chi connectivity index (χ1v) is 6.70. The van der Waals surface area contributed by atoms with Crippen LogP contribution < -0.4 is 5.56 Å². The van der Waals surface area contributed by atoms with Gasteiger partial charge in [-0.1, -0.05) is 35.5 Å². The van der Waals surface area contributed by atoms with Crippen molar-refractivity contribution >= 4 is 0 Å². The lowest BCUT2D eigenvalue weighted by atomic mass is 10.1. The molecule has 0 aliphatic heterocycles. The van der Waals surface area contributed by atoms with Crippen molar-refractivity contribution in [3.8, 4) is 11.3 Å². The minimum Gasteiger partial charge on any atom is -0.361 e. The quantitative estimate of drug-likeness (QED) is 0.740. The van der Waals surface area contributed by atoms with E-state index >= 15 is 0 Å². The molecule has 0 amide bonds. The number of rotatable bonds is 3. The van der Waals surface area contributed by atoms with Crippen molar-refractivity contribution in [1.82, 2.24) is 14.9 Å². The van der Waals surface area contributed by atoms with Gasteiger partial charge in [-0.05, 0) is 25.5 Å². The molecular weight excluding hydrogens is 266 g/mol. The zero-order valence-corrected chi connectivity index (χ0v) is 11.9. The molecule has 0 saturated heterocycles. The highest BCUT2D eigenvalue weighted by Crippen LogP contribution is 2.23. The molecule has 5 heteroatoms. The molecule has 3 aromatic rings. The van der Waals surface area contributed by atoms with Crippen LogP contribution in [0.5, 0.6) is 0 Å². The molecule has 0 aliphatic carbocycles. The van der Waals surface area contributed by atoms with Gasteiger partial charge in [-0.15, -0.1) is 0 Å². The molecule has 0 aliphatic rings. The molecule has 0 radical (unpaired) electrons. The van der Waals surface area contributed by atoms with E-state index in [0.717, 1.165) is 16.8 Å². The highest BCUT2D eigenvalue weighted by atomic mass is 16.5. The zero-order valence-electron chi connectivity index (χ0n) is 11.9. The van der Waals surface area contributed by atoms with E-state index in [-0.39, 0.29) is 5.56 Å². The summed E-state index contributed by atoms with van der Waals surface area (Å²) in [7, 11) is 0. The minimum atomic E-state index is -0.130. The Kier molecular flexibility index (Phi) is 3.39. The van der Waals surface area contributed by atoms with Crippen LogP contribution in [0.4, 0.5) is 0 Å². The van der Waals surface area contributed by atoms with E-state index in [1.165, 1.54) is 10.7 Å². The number of nitrogens with zero attached hydrogens (tertiary/aromatic N) is 3. The minimum absolute atomic E-state index is 0.130. The highest BCUT2D eigenvalue weighted by Gasteiger charge is 2.14. The van der Waals surface area contributed by atoms with Gasteiger partial charge in [-0.2, -0.15) is 5.10 Å². The van der Waals surface area contributed by atoms with E-state index in [1.807, 2.05) is 44.2 Å². The summed E-state index contributed by atoms with van der Waals surface area (Å²) in [6, 6.07) is 13.0. The van der Waals surface area contributed by atoms with Gasteiger partial charge in [-0.25, -0.2) is 4.68 Å². The van der Waals surface area contributed by atoms with Crippen molar-refractivity contribution in [2.24, 2.45) is 0 Å². The summed E-state index contributed by atoms with van der Waals surface area (Å²) in [5, 5.41) is 8.36. The number of hydrogen-bond acceptors (Lipinski definition) is 4. The van der Waals surface area contributed by atoms with Crippen molar-refractivity contribution < 1.29 is 4.52 Å². The Morgan fingerprint density at radius 3 is 2.52 bits per heavy atom. The summed E-state index contributed by atoms with van der Waals surface area (Å²) in [5.41, 5.74) is 3.21. The second kappa shape index (κ2) is 5.36. The first-order valence-electron chi connectivity index (χ1n) is 6.70. The number of hydrogen-bond donors (Lipinski definition) is 0. The van der Waals surface area contributed by atoms with Gasteiger partial charge in [-0.3, -0.25) is 4.79 Å². The molecular formula is C16H15N3O2. The molecule has 106 valence electrons. The van der Waals surface area contributed by atoms with Crippen LogP contribution in [0, 0.1) is 13.8 Å². The van der Waals surface area contributed by atoms with Gasteiger partial charge in [0, 0.05) is 6.07 Å². The fourth-order valence-corrected chi connectivity index (χ4v) is 2.30. The topological polar surface area (TPSA) is 60.9 Å². The summed E-state index contributed by atoms with van der Waals surface area (Å²) in [4.78, 5) is 12.0. The smallest absolute Gasteiger partial charge is 0.267 e. The fourth-order valence-electron chi connectivity index (χ4n) is 2.30. The molecule has 0 atom stereocenters. The molecule has 2 aromatic heterocycles. The summed E-state index contributed by atoms with van der Waals surface area (Å²) in [5.74, 6) is 0.699. The van der Waals surface area contributed by atoms with Crippen LogP contribution in [0.2, 0.25) is 0 Å². The lowest BCUT2D eigenvalue weighted by molar-refractivity contribution is 0.393. The Morgan fingerprint density at radius 2 is 1.86 bits per heavy atom. The van der Waals surface area contributed by atoms with Crippen LogP contribution in [-0.4, -0.2) is 14.9 Å². The summed E-state index contributed by atoms with van der Waals surface area (Å²) < 4.78 is 6.62. The molecule has 0 fully saturated rings. The van der Waals surface area contributed by atoms with Gasteiger partial charge in [0.2, 0.25) is 0 Å². The van der Waals surface area contributed by atoms with Crippen LogP contribution in [0.1, 0.15) is 17.0 Å². The van der Waals surface area contributed by atoms with E-state index in [9.17, 15) is 4.79 Å². The van der Waals surface area contributed by atoms with Crippen molar-refractivity contribution in [3.05, 3.63) is 69.8 Å². The first kappa shape index (κ1) is 13.3. The van der Waals surface area contributed by atoms with Crippen molar-refractivity contribution in [2.75, 3.05) is 0 Å². The third-order valence-electron chi connectivity index (χ3n) is 3.33. The summed E-state index contributed by atoms with van der Waals surface area (Å²) in [6.07, 6.45) is 0. The van der Waals surface area contributed by atoms with Crippen molar-refractivity contribution in [1.29, 1.82) is 0 Å². The second-order valence-corrected chi connectivity index (χ2v) is 4.90. The van der Waals surface area contributed by atoms with Gasteiger partial charge < -0.3 is 4.52 Å². The third-order valence-corrected chi connectivity index (χ3v) is 3.33. The van der Waals surface area contributed by atoms with E-state index in [4.69, 9.17) is 4.52 Å². The Hall–Kier alpha value is -2.69. The van der Waals surface area contributed by atoms with Gasteiger partial charge in [0.1, 0.15) is 5.76 Å². The maximum atomic E-state index is 12.0. The number of aryl methyl sites for hydroxylation is 2. The Morgan fingerprint density at radius 1 is 1.10 bits per heavy atom. The summed E-state index contributed by atoms with van der Waals surface area (Å²) >= 11 is 0. The Labute approximate surface area is 121 Å². The standard InChI is InChI=1S/C16H15N3O2/c1-11-16(12(2)21-18-11)14-8-9-15(20)19(17-14)10-13-6-4-3-5-7-13/h3-9H,10H2,1-2H3. The molecule has 5 nitrogen and oxygen atoms in total. The summed E-state index contributed by atoms with van der Waals surface area (Å²) in [6.45, 7) is 4.14. The number of aromatic nitrogens is 3. The Balaban J connectivity index is 2.03. The predicted octanol–water partition coefficient (Wildman–Crippen LogP) is 2.56. The van der Waals surface area contributed by atoms with E-state index < -0.39 is 0 Å². The molecule has 21 heavy (non-hydrogen) atoms. The lowest BCUT2D eigenvalue weighted by Gasteiger charge is -2.07. The highest BCUT2D eigenvalue weighted by molar-refractivity contribution is 5.62. The average molecular weight is 281 g/mol. The van der Waals surface area contributed by atoms with Crippen molar-refractivity contribution in [3.63, 3.8) is 0 Å². The molecule has 1 aromatic carbocycles. The third kappa shape index (κ3) is 2.63. The van der Waals surface area contributed by atoms with Crippen LogP contribution in [0.25, 0.3) is 11.3 Å². The lowest BCUT2D eigenvalue weighted by Crippen LogP contribution is -2.22. The average Bonchev–Trinajstić information content (AvgIpc) is 2.82. The Bertz CT molecular complexity index is 800. The van der Waals surface area contributed by atoms with E-state index in [2.05, 4.69) is 10.3 Å². The predicted molar refractivity (Wildman–Crippen MR) is 79.0 cm³/mol. The molecule has 3 rings (SSSR count). The van der Waals surface area contributed by atoms with Crippen LogP contribution >= 0.6 is 0 Å². The normalized spacial score (nSPS) is 10.8. The maximum Gasteiger partial charge on any atom is 0.267 e.